The predicted octanol–water partition coefficient (Wildman–Crippen LogP) is 2.83. The Bertz CT molecular complexity index is 763. The molecule has 8 heteroatoms. The molecule has 0 aromatic heterocycles. The van der Waals surface area contributed by atoms with Gasteiger partial charge in [0.2, 0.25) is 5.91 Å². The number of amides is 2. The van der Waals surface area contributed by atoms with Crippen molar-refractivity contribution in [2.24, 2.45) is 5.41 Å². The summed E-state index contributed by atoms with van der Waals surface area (Å²) < 4.78 is 5.07. The second-order valence-corrected chi connectivity index (χ2v) is 8.01. The minimum absolute atomic E-state index is 0.00824. The van der Waals surface area contributed by atoms with E-state index in [1.54, 1.807) is 0 Å². The van der Waals surface area contributed by atoms with Crippen molar-refractivity contribution in [2.75, 3.05) is 13.2 Å². The number of halogens is 1. The zero-order valence-electron chi connectivity index (χ0n) is 17.1. The summed E-state index contributed by atoms with van der Waals surface area (Å²) in [5.74, 6) is -1.16. The van der Waals surface area contributed by atoms with Gasteiger partial charge in [-0.15, -0.1) is 0 Å². The number of phenolic OH excluding ortho intramolecular Hbond substituents is 1. The fourth-order valence-electron chi connectivity index (χ4n) is 3.44. The molecule has 3 N–H and O–H groups in total. The fourth-order valence-corrected chi connectivity index (χ4v) is 3.62. The molecule has 7 nitrogen and oxygen atoms in total. The number of rotatable bonds is 6. The summed E-state index contributed by atoms with van der Waals surface area (Å²) in [5, 5.41) is 15.0. The summed E-state index contributed by atoms with van der Waals surface area (Å²) in [6, 6.07) is 2.66. The van der Waals surface area contributed by atoms with Crippen LogP contribution in [0.5, 0.6) is 5.75 Å². The molecule has 1 aliphatic heterocycles. The van der Waals surface area contributed by atoms with Gasteiger partial charge in [-0.05, 0) is 42.9 Å². The van der Waals surface area contributed by atoms with Gasteiger partial charge in [0.05, 0.1) is 11.6 Å². The van der Waals surface area contributed by atoms with Gasteiger partial charge in [0.15, 0.2) is 5.78 Å². The lowest BCUT2D eigenvalue weighted by molar-refractivity contribution is -0.128. The Balaban J connectivity index is 0.00000145. The summed E-state index contributed by atoms with van der Waals surface area (Å²) in [5.41, 5.74) is 0.229. The second kappa shape index (κ2) is 10.1. The smallest absolute Gasteiger partial charge is 0.251 e. The van der Waals surface area contributed by atoms with E-state index in [1.807, 2.05) is 13.8 Å². The number of Topliss-reactive ketones (excluding diaryl/α,β-unsaturated/α-hetero) is 1. The SMILES string of the molecule is CC.CC1(CC(NC(=O)c2ccc(O)c(Cl)c2)C(=O)NC2COCC2=O)CCC1. The van der Waals surface area contributed by atoms with Crippen LogP contribution in [-0.4, -0.2) is 48.0 Å². The Labute approximate surface area is 176 Å². The predicted molar refractivity (Wildman–Crippen MR) is 110 cm³/mol. The molecule has 2 unspecified atom stereocenters. The maximum absolute atomic E-state index is 12.8. The highest BCUT2D eigenvalue weighted by molar-refractivity contribution is 6.32. The first-order chi connectivity index (χ1) is 13.8. The van der Waals surface area contributed by atoms with E-state index < -0.39 is 23.9 Å². The average Bonchev–Trinajstić information content (AvgIpc) is 3.08. The molecule has 2 atom stereocenters. The van der Waals surface area contributed by atoms with Crippen LogP contribution in [0.15, 0.2) is 18.2 Å². The lowest BCUT2D eigenvalue weighted by atomic mass is 9.67. The van der Waals surface area contributed by atoms with Gasteiger partial charge < -0.3 is 20.5 Å². The number of aromatic hydroxyl groups is 1. The number of ketones is 1. The van der Waals surface area contributed by atoms with Crippen LogP contribution in [0.1, 0.15) is 56.8 Å². The highest BCUT2D eigenvalue weighted by Gasteiger charge is 2.38. The largest absolute Gasteiger partial charge is 0.506 e. The molecule has 0 radical (unpaired) electrons. The molecule has 160 valence electrons. The summed E-state index contributed by atoms with van der Waals surface area (Å²) in [4.78, 5) is 37.1. The van der Waals surface area contributed by atoms with Crippen molar-refractivity contribution in [3.63, 3.8) is 0 Å². The molecule has 1 aromatic rings. The van der Waals surface area contributed by atoms with Crippen molar-refractivity contribution in [1.82, 2.24) is 10.6 Å². The number of ether oxygens (including phenoxy) is 1. The van der Waals surface area contributed by atoms with E-state index in [2.05, 4.69) is 17.6 Å². The molecule has 2 aliphatic rings. The Morgan fingerprint density at radius 2 is 2.03 bits per heavy atom. The van der Waals surface area contributed by atoms with Gasteiger partial charge in [0.25, 0.3) is 5.91 Å². The van der Waals surface area contributed by atoms with Gasteiger partial charge in [-0.2, -0.15) is 0 Å². The van der Waals surface area contributed by atoms with Crippen LogP contribution in [0.2, 0.25) is 5.02 Å². The highest BCUT2D eigenvalue weighted by atomic mass is 35.5. The Kier molecular flexibility index (Phi) is 8.05. The summed E-state index contributed by atoms with van der Waals surface area (Å²) >= 11 is 5.86. The van der Waals surface area contributed by atoms with E-state index in [1.165, 1.54) is 18.2 Å². The Morgan fingerprint density at radius 1 is 1.34 bits per heavy atom. The van der Waals surface area contributed by atoms with Crippen molar-refractivity contribution < 1.29 is 24.2 Å². The lowest BCUT2D eigenvalue weighted by Gasteiger charge is -2.40. The minimum atomic E-state index is -0.774. The van der Waals surface area contributed by atoms with E-state index in [9.17, 15) is 19.5 Å². The maximum Gasteiger partial charge on any atom is 0.251 e. The normalized spacial score (nSPS) is 20.7. The van der Waals surface area contributed by atoms with Crippen LogP contribution >= 0.6 is 11.6 Å². The molecule has 29 heavy (non-hydrogen) atoms. The zero-order chi connectivity index (χ0) is 21.6. The van der Waals surface area contributed by atoms with Crippen LogP contribution in [0.3, 0.4) is 0 Å². The molecule has 2 amide bonds. The van der Waals surface area contributed by atoms with E-state index in [-0.39, 0.29) is 40.7 Å². The van der Waals surface area contributed by atoms with Gasteiger partial charge in [-0.1, -0.05) is 38.8 Å². The van der Waals surface area contributed by atoms with E-state index in [0.717, 1.165) is 19.3 Å². The van der Waals surface area contributed by atoms with Crippen molar-refractivity contribution in [3.05, 3.63) is 28.8 Å². The van der Waals surface area contributed by atoms with E-state index >= 15 is 0 Å². The fraction of sp³-hybridized carbons (Fsp3) is 0.571. The molecule has 1 saturated carbocycles. The minimum Gasteiger partial charge on any atom is -0.506 e. The van der Waals surface area contributed by atoms with Gasteiger partial charge in [-0.25, -0.2) is 0 Å². The number of hydrogen-bond acceptors (Lipinski definition) is 5. The Hall–Kier alpha value is -2.12. The third-order valence-corrected chi connectivity index (χ3v) is 5.63. The maximum atomic E-state index is 12.8. The molecule has 1 aliphatic carbocycles. The number of carbonyl (C=O) groups excluding carboxylic acids is 3. The number of benzene rings is 1. The molecular formula is C21H29ClN2O5. The topological polar surface area (TPSA) is 105 Å². The van der Waals surface area contributed by atoms with Crippen molar-refractivity contribution in [1.29, 1.82) is 0 Å². The molecule has 1 saturated heterocycles. The summed E-state index contributed by atoms with van der Waals surface area (Å²) in [7, 11) is 0. The third-order valence-electron chi connectivity index (χ3n) is 5.32. The number of nitrogens with one attached hydrogen (secondary N) is 2. The van der Waals surface area contributed by atoms with Gasteiger partial charge in [0, 0.05) is 5.56 Å². The monoisotopic (exact) mass is 424 g/mol. The number of phenols is 1. The summed E-state index contributed by atoms with van der Waals surface area (Å²) in [6.45, 7) is 6.23. The molecule has 1 heterocycles. The van der Waals surface area contributed by atoms with Crippen molar-refractivity contribution >= 4 is 29.2 Å². The molecular weight excluding hydrogens is 396 g/mol. The first-order valence-corrected chi connectivity index (χ1v) is 10.4. The highest BCUT2D eigenvalue weighted by Crippen LogP contribution is 2.44. The molecule has 2 fully saturated rings. The number of hydrogen-bond donors (Lipinski definition) is 3. The Morgan fingerprint density at radius 3 is 2.55 bits per heavy atom. The van der Waals surface area contributed by atoms with Crippen LogP contribution < -0.4 is 10.6 Å². The average molecular weight is 425 g/mol. The molecule has 0 bridgehead atoms. The zero-order valence-corrected chi connectivity index (χ0v) is 17.8. The molecule has 1 aromatic carbocycles. The third kappa shape index (κ3) is 5.93. The van der Waals surface area contributed by atoms with Gasteiger partial charge in [0.1, 0.15) is 24.4 Å². The second-order valence-electron chi connectivity index (χ2n) is 7.60. The lowest BCUT2D eigenvalue weighted by Crippen LogP contribution is -2.53. The first kappa shape index (κ1) is 23.2. The quantitative estimate of drug-likeness (QED) is 0.651. The molecule has 0 spiro atoms. The van der Waals surface area contributed by atoms with Crippen LogP contribution in [0.4, 0.5) is 0 Å². The number of carbonyl (C=O) groups is 3. The van der Waals surface area contributed by atoms with E-state index in [4.69, 9.17) is 16.3 Å². The van der Waals surface area contributed by atoms with E-state index in [0.29, 0.717) is 6.42 Å². The van der Waals surface area contributed by atoms with Crippen LogP contribution in [-0.2, 0) is 14.3 Å². The van der Waals surface area contributed by atoms with Crippen LogP contribution in [0, 0.1) is 5.41 Å². The summed E-state index contributed by atoms with van der Waals surface area (Å²) in [6.07, 6.45) is 3.56. The van der Waals surface area contributed by atoms with Gasteiger partial charge in [-0.3, -0.25) is 14.4 Å². The standard InChI is InChI=1S/C19H23ClN2O5.C2H6/c1-19(5-2-6-19)8-13(18(26)22-14-9-27-10-16(14)24)21-17(25)11-3-4-15(23)12(20)7-11;1-2/h3-4,7,13-14,23H,2,5-6,8-10H2,1H3,(H,21,25)(H,22,26);1-2H3. The van der Waals surface area contributed by atoms with Gasteiger partial charge >= 0.3 is 0 Å². The van der Waals surface area contributed by atoms with Crippen molar-refractivity contribution in [3.8, 4) is 5.75 Å². The molecule has 3 rings (SSSR count). The van der Waals surface area contributed by atoms with Crippen LogP contribution in [0.25, 0.3) is 0 Å². The first-order valence-electron chi connectivity index (χ1n) is 9.98. The van der Waals surface area contributed by atoms with Crippen molar-refractivity contribution in [2.45, 2.75) is 58.5 Å².